The van der Waals surface area contributed by atoms with E-state index in [9.17, 15) is 18.8 Å². The highest BCUT2D eigenvalue weighted by Gasteiger charge is 2.32. The first-order valence-corrected chi connectivity index (χ1v) is 9.74. The van der Waals surface area contributed by atoms with Gasteiger partial charge in [-0.2, -0.15) is 0 Å². The zero-order valence-corrected chi connectivity index (χ0v) is 16.2. The Morgan fingerprint density at radius 3 is 2.79 bits per heavy atom. The number of thioether (sulfide) groups is 1. The normalized spacial score (nSPS) is 16.1. The Morgan fingerprint density at radius 1 is 1.21 bits per heavy atom. The highest BCUT2D eigenvalue weighted by molar-refractivity contribution is 8.16. The lowest BCUT2D eigenvalue weighted by Gasteiger charge is -2.09. The van der Waals surface area contributed by atoms with Crippen LogP contribution in [0.25, 0.3) is 11.0 Å². The summed E-state index contributed by atoms with van der Waals surface area (Å²) in [7, 11) is 0. The minimum atomic E-state index is -0.771. The van der Waals surface area contributed by atoms with Crippen LogP contribution in [0.3, 0.4) is 0 Å². The van der Waals surface area contributed by atoms with Crippen molar-refractivity contribution < 1.29 is 18.4 Å². The maximum Gasteiger partial charge on any atom is 0.346 e. The summed E-state index contributed by atoms with van der Waals surface area (Å²) < 4.78 is 18.5. The summed E-state index contributed by atoms with van der Waals surface area (Å²) in [6.45, 7) is 0. The van der Waals surface area contributed by atoms with Crippen molar-refractivity contribution in [3.63, 3.8) is 0 Å². The molecule has 1 N–H and O–H groups in total. The number of halogens is 2. The lowest BCUT2D eigenvalue weighted by atomic mass is 10.2. The highest BCUT2D eigenvalue weighted by atomic mass is 35.5. The van der Waals surface area contributed by atoms with Crippen LogP contribution in [-0.2, 0) is 9.59 Å². The molecular weight excluding hydrogens is 419 g/mol. The van der Waals surface area contributed by atoms with Crippen LogP contribution >= 0.6 is 23.4 Å². The summed E-state index contributed by atoms with van der Waals surface area (Å²) in [5.41, 5.74) is 0.322. The average molecular weight is 431 g/mol. The van der Waals surface area contributed by atoms with Gasteiger partial charge in [0.05, 0.1) is 10.6 Å². The maximum atomic E-state index is 13.2. The predicted octanol–water partition coefficient (Wildman–Crippen LogP) is 4.00. The van der Waals surface area contributed by atoms with Crippen molar-refractivity contribution in [1.29, 1.82) is 0 Å². The molecule has 0 fully saturated rings. The molecule has 6 nitrogen and oxygen atoms in total. The number of fused-ring (bicyclic) bond motifs is 1. The van der Waals surface area contributed by atoms with Crippen molar-refractivity contribution in [1.82, 2.24) is 0 Å². The van der Waals surface area contributed by atoms with Gasteiger partial charge in [-0.25, -0.2) is 14.2 Å². The second-order valence-electron chi connectivity index (χ2n) is 6.23. The van der Waals surface area contributed by atoms with Crippen LogP contribution in [0.15, 0.2) is 62.7 Å². The Bertz CT molecular complexity index is 1240. The van der Waals surface area contributed by atoms with E-state index in [0.717, 1.165) is 17.8 Å². The van der Waals surface area contributed by atoms with Gasteiger partial charge in [-0.3, -0.25) is 9.59 Å². The van der Waals surface area contributed by atoms with Crippen LogP contribution in [0, 0.1) is 5.82 Å². The van der Waals surface area contributed by atoms with E-state index >= 15 is 0 Å². The van der Waals surface area contributed by atoms with Crippen LogP contribution < -0.4 is 10.9 Å². The Balaban J connectivity index is 1.48. The Hall–Kier alpha value is -2.97. The molecule has 0 saturated heterocycles. The van der Waals surface area contributed by atoms with E-state index in [1.165, 1.54) is 12.1 Å². The van der Waals surface area contributed by atoms with Crippen molar-refractivity contribution in [3.05, 3.63) is 75.4 Å². The minimum absolute atomic E-state index is 0.122. The number of rotatable bonds is 4. The summed E-state index contributed by atoms with van der Waals surface area (Å²) in [6.07, 6.45) is -0.162. The molecular formula is C20H12ClFN2O4S. The summed E-state index contributed by atoms with van der Waals surface area (Å²) in [4.78, 5) is 40.7. The van der Waals surface area contributed by atoms with Gasteiger partial charge in [-0.1, -0.05) is 41.6 Å². The van der Waals surface area contributed by atoms with Crippen LogP contribution in [0.5, 0.6) is 0 Å². The number of carbonyl (C=O) groups excluding carboxylic acids is 2. The standard InChI is InChI=1S/C20H12ClFN2O4S/c21-13-8-11(5-6-14(13)22)23-17(25)9-16-18(26)24-19(29-16)12-7-10-3-1-2-4-15(10)28-20(12)27/h1-8,16H,9H2,(H,23,25). The predicted molar refractivity (Wildman–Crippen MR) is 110 cm³/mol. The van der Waals surface area contributed by atoms with Crippen molar-refractivity contribution in [2.75, 3.05) is 5.32 Å². The molecule has 0 radical (unpaired) electrons. The van der Waals surface area contributed by atoms with E-state index in [2.05, 4.69) is 10.3 Å². The number of nitrogens with one attached hydrogen (secondary N) is 1. The molecule has 1 atom stereocenters. The smallest absolute Gasteiger partial charge is 0.346 e. The van der Waals surface area contributed by atoms with E-state index in [0.29, 0.717) is 16.7 Å². The third-order valence-corrected chi connectivity index (χ3v) is 5.66. The molecule has 2 heterocycles. The fraction of sp³-hybridized carbons (Fsp3) is 0.100. The summed E-state index contributed by atoms with van der Waals surface area (Å²) in [5, 5.41) is 2.59. The van der Waals surface area contributed by atoms with Gasteiger partial charge < -0.3 is 9.73 Å². The fourth-order valence-corrected chi connectivity index (χ4v) is 4.05. The molecule has 0 bridgehead atoms. The zero-order chi connectivity index (χ0) is 20.5. The van der Waals surface area contributed by atoms with Crippen molar-refractivity contribution >= 4 is 56.9 Å². The summed E-state index contributed by atoms with van der Waals surface area (Å²) >= 11 is 6.73. The van der Waals surface area contributed by atoms with Gasteiger partial charge in [0.15, 0.2) is 0 Å². The molecule has 1 aliphatic rings. The third kappa shape index (κ3) is 4.08. The van der Waals surface area contributed by atoms with E-state index < -0.39 is 28.5 Å². The third-order valence-electron chi connectivity index (χ3n) is 4.19. The molecule has 4 rings (SSSR count). The Kier molecular flexibility index (Phi) is 5.21. The second kappa shape index (κ2) is 7.81. The van der Waals surface area contributed by atoms with E-state index in [4.69, 9.17) is 16.0 Å². The van der Waals surface area contributed by atoms with E-state index in [1.807, 2.05) is 0 Å². The largest absolute Gasteiger partial charge is 0.422 e. The molecule has 1 aromatic heterocycles. The summed E-state index contributed by atoms with van der Waals surface area (Å²) in [6, 6.07) is 12.4. The molecule has 0 spiro atoms. The molecule has 0 aliphatic carbocycles. The van der Waals surface area contributed by atoms with Gasteiger partial charge in [-0.05, 0) is 30.3 Å². The van der Waals surface area contributed by atoms with Gasteiger partial charge in [0.25, 0.3) is 5.91 Å². The first kappa shape index (κ1) is 19.4. The number of benzene rings is 2. The first-order chi connectivity index (χ1) is 13.9. The molecule has 2 aromatic carbocycles. The van der Waals surface area contributed by atoms with Crippen LogP contribution in [-0.4, -0.2) is 22.1 Å². The van der Waals surface area contributed by atoms with Crippen molar-refractivity contribution in [2.45, 2.75) is 11.7 Å². The molecule has 29 heavy (non-hydrogen) atoms. The van der Waals surface area contributed by atoms with E-state index in [1.54, 1.807) is 30.3 Å². The van der Waals surface area contributed by atoms with Crippen LogP contribution in [0.2, 0.25) is 5.02 Å². The topological polar surface area (TPSA) is 88.7 Å². The number of hydrogen-bond donors (Lipinski definition) is 1. The number of para-hydroxylation sites is 1. The second-order valence-corrected chi connectivity index (χ2v) is 7.83. The molecule has 146 valence electrons. The molecule has 3 aromatic rings. The number of anilines is 1. The van der Waals surface area contributed by atoms with Crippen LogP contribution in [0.4, 0.5) is 10.1 Å². The lowest BCUT2D eigenvalue weighted by molar-refractivity contribution is -0.121. The number of aliphatic imine (C=N–C) groups is 1. The Labute approximate surface area is 172 Å². The van der Waals surface area contributed by atoms with Gasteiger partial charge in [0.2, 0.25) is 5.91 Å². The Morgan fingerprint density at radius 2 is 2.00 bits per heavy atom. The fourth-order valence-electron chi connectivity index (χ4n) is 2.80. The quantitative estimate of drug-likeness (QED) is 0.632. The monoisotopic (exact) mass is 430 g/mol. The van der Waals surface area contributed by atoms with Crippen molar-refractivity contribution in [2.24, 2.45) is 4.99 Å². The zero-order valence-electron chi connectivity index (χ0n) is 14.6. The molecule has 1 unspecified atom stereocenters. The number of hydrogen-bond acceptors (Lipinski definition) is 5. The van der Waals surface area contributed by atoms with Crippen molar-refractivity contribution in [3.8, 4) is 0 Å². The molecule has 0 saturated carbocycles. The highest BCUT2D eigenvalue weighted by Crippen LogP contribution is 2.29. The van der Waals surface area contributed by atoms with Crippen LogP contribution in [0.1, 0.15) is 12.0 Å². The van der Waals surface area contributed by atoms with Gasteiger partial charge in [0, 0.05) is 17.5 Å². The number of amides is 2. The molecule has 1 aliphatic heterocycles. The lowest BCUT2D eigenvalue weighted by Crippen LogP contribution is -2.21. The maximum absolute atomic E-state index is 13.2. The van der Waals surface area contributed by atoms with Gasteiger partial charge in [-0.15, -0.1) is 0 Å². The molecule has 2 amide bonds. The average Bonchev–Trinajstić information content (AvgIpc) is 3.04. The first-order valence-electron chi connectivity index (χ1n) is 8.48. The summed E-state index contributed by atoms with van der Waals surface area (Å²) in [5.74, 6) is -1.57. The number of nitrogens with zero attached hydrogens (tertiary/aromatic N) is 1. The van der Waals surface area contributed by atoms with Gasteiger partial charge in [0.1, 0.15) is 21.7 Å². The SMILES string of the molecule is O=C(CC1SC(c2cc3ccccc3oc2=O)=NC1=O)Nc1ccc(F)c(Cl)c1. The molecule has 9 heteroatoms. The number of carbonyl (C=O) groups is 2. The van der Waals surface area contributed by atoms with E-state index in [-0.39, 0.29) is 22.1 Å². The minimum Gasteiger partial charge on any atom is -0.422 e. The van der Waals surface area contributed by atoms with Gasteiger partial charge >= 0.3 is 5.63 Å².